The zero-order valence-corrected chi connectivity index (χ0v) is 13.6. The molecule has 1 unspecified atom stereocenters. The fourth-order valence-corrected chi connectivity index (χ4v) is 1.75. The predicted molar refractivity (Wildman–Crippen MR) is 82.5 cm³/mol. The molecule has 0 bridgehead atoms. The normalized spacial score (nSPS) is 17.0. The van der Waals surface area contributed by atoms with E-state index >= 15 is 0 Å². The monoisotopic (exact) mass is 295 g/mol. The summed E-state index contributed by atoms with van der Waals surface area (Å²) in [4.78, 5) is 22.9. The molecule has 0 saturated heterocycles. The molecule has 1 aliphatic rings. The van der Waals surface area contributed by atoms with Crippen molar-refractivity contribution in [3.63, 3.8) is 0 Å². The van der Waals surface area contributed by atoms with Crippen molar-refractivity contribution in [1.29, 1.82) is 0 Å². The zero-order chi connectivity index (χ0) is 16.4. The number of allylic oxidation sites excluding steroid dienone is 1. The third-order valence-corrected chi connectivity index (χ3v) is 2.63. The Hall–Kier alpha value is -2.04. The molecule has 0 aromatic rings. The third kappa shape index (κ3) is 5.85. The maximum Gasteiger partial charge on any atom is 0.341 e. The molecule has 0 saturated carbocycles. The first-order chi connectivity index (χ1) is 9.99. The largest absolute Gasteiger partial charge is 0.493 e. The van der Waals surface area contributed by atoms with Gasteiger partial charge < -0.3 is 14.8 Å². The number of carbonyl (C=O) groups excluding carboxylic acids is 2. The molecule has 1 N–H and O–H groups in total. The smallest absolute Gasteiger partial charge is 0.341 e. The van der Waals surface area contributed by atoms with Crippen LogP contribution in [0.25, 0.3) is 0 Å². The highest BCUT2D eigenvalue weighted by atomic mass is 16.5. The number of hydrogen-bond donors (Lipinski definition) is 1. The van der Waals surface area contributed by atoms with Crippen LogP contribution in [0.4, 0.5) is 0 Å². The highest BCUT2D eigenvalue weighted by molar-refractivity contribution is 5.93. The molecule has 0 heterocycles. The second kappa shape index (κ2) is 9.80. The maximum absolute atomic E-state index is 11.8. The van der Waals surface area contributed by atoms with E-state index in [-0.39, 0.29) is 11.9 Å². The van der Waals surface area contributed by atoms with Crippen LogP contribution in [0.2, 0.25) is 0 Å². The molecule has 0 aromatic carbocycles. The van der Waals surface area contributed by atoms with Gasteiger partial charge in [0.2, 0.25) is 5.91 Å². The van der Waals surface area contributed by atoms with Crippen LogP contribution >= 0.6 is 0 Å². The zero-order valence-electron chi connectivity index (χ0n) is 13.6. The Kier molecular flexibility index (Phi) is 8.85. The quantitative estimate of drug-likeness (QED) is 0.809. The Morgan fingerprint density at radius 1 is 1.33 bits per heavy atom. The number of nitrogens with one attached hydrogen (secondary N) is 1. The van der Waals surface area contributed by atoms with Crippen LogP contribution in [0, 0.1) is 0 Å². The van der Waals surface area contributed by atoms with Crippen molar-refractivity contribution >= 4 is 11.9 Å². The number of ether oxygens (including phenoxy) is 2. The number of rotatable bonds is 4. The van der Waals surface area contributed by atoms with E-state index in [0.717, 1.165) is 5.57 Å². The van der Waals surface area contributed by atoms with E-state index in [2.05, 4.69) is 5.32 Å². The molecule has 1 amide bonds. The summed E-state index contributed by atoms with van der Waals surface area (Å²) in [5.41, 5.74) is 1.19. The van der Waals surface area contributed by atoms with Crippen LogP contribution in [-0.2, 0) is 19.1 Å². The van der Waals surface area contributed by atoms with Crippen molar-refractivity contribution in [3.05, 3.63) is 35.1 Å². The number of amides is 1. The Labute approximate surface area is 126 Å². The molecule has 0 aliphatic heterocycles. The van der Waals surface area contributed by atoms with Crippen LogP contribution in [-0.4, -0.2) is 31.6 Å². The fraction of sp³-hybridized carbons (Fsp3) is 0.500. The van der Waals surface area contributed by atoms with Gasteiger partial charge in [0.15, 0.2) is 0 Å². The molecule has 0 aromatic heterocycles. The molecule has 1 atom stereocenters. The van der Waals surface area contributed by atoms with Gasteiger partial charge in [-0.3, -0.25) is 4.79 Å². The van der Waals surface area contributed by atoms with Gasteiger partial charge in [0.05, 0.1) is 19.8 Å². The van der Waals surface area contributed by atoms with E-state index in [1.807, 2.05) is 27.7 Å². The molecule has 1 rings (SSSR count). The highest BCUT2D eigenvalue weighted by Gasteiger charge is 2.20. The van der Waals surface area contributed by atoms with E-state index in [1.54, 1.807) is 18.2 Å². The molecule has 5 nitrogen and oxygen atoms in total. The van der Waals surface area contributed by atoms with Gasteiger partial charge in [-0.1, -0.05) is 19.9 Å². The predicted octanol–water partition coefficient (Wildman–Crippen LogP) is 2.50. The third-order valence-electron chi connectivity index (χ3n) is 2.63. The summed E-state index contributed by atoms with van der Waals surface area (Å²) in [6.45, 7) is 9.56. The number of hydrogen-bond acceptors (Lipinski definition) is 4. The van der Waals surface area contributed by atoms with E-state index in [1.165, 1.54) is 14.0 Å². The standard InChI is InChI=1S/C14H19NO4.C2H6/c1-5-19-13-7-6-12(15-10(3)16)9(2)8-11(13)14(17)18-4;1-2/h6-8,12H,5H2,1-4H3,(H,15,16);1-2H3. The molecule has 0 radical (unpaired) electrons. The molecular formula is C16H25NO4. The first-order valence-electron chi connectivity index (χ1n) is 7.08. The van der Waals surface area contributed by atoms with Gasteiger partial charge in [-0.25, -0.2) is 4.79 Å². The van der Waals surface area contributed by atoms with Crippen molar-refractivity contribution in [2.45, 2.75) is 40.7 Å². The first kappa shape index (κ1) is 19.0. The van der Waals surface area contributed by atoms with Crippen LogP contribution in [0.1, 0.15) is 34.6 Å². The lowest BCUT2D eigenvalue weighted by Crippen LogP contribution is -2.32. The number of methoxy groups -OCH3 is 1. The van der Waals surface area contributed by atoms with Gasteiger partial charge in [0.1, 0.15) is 11.3 Å². The van der Waals surface area contributed by atoms with Gasteiger partial charge in [-0.15, -0.1) is 0 Å². The van der Waals surface area contributed by atoms with Gasteiger partial charge >= 0.3 is 5.97 Å². The molecule has 0 fully saturated rings. The maximum atomic E-state index is 11.8. The number of esters is 1. The minimum atomic E-state index is -0.462. The van der Waals surface area contributed by atoms with E-state index in [4.69, 9.17) is 9.47 Å². The minimum Gasteiger partial charge on any atom is -0.493 e. The number of carbonyl (C=O) groups is 2. The van der Waals surface area contributed by atoms with Crippen molar-refractivity contribution in [2.24, 2.45) is 0 Å². The Morgan fingerprint density at radius 3 is 2.43 bits per heavy atom. The average Bonchev–Trinajstić information content (AvgIpc) is 2.62. The Bertz CT molecular complexity index is 461. The van der Waals surface area contributed by atoms with E-state index in [0.29, 0.717) is 17.9 Å². The topological polar surface area (TPSA) is 64.6 Å². The summed E-state index contributed by atoms with van der Waals surface area (Å²) in [5.74, 6) is -0.153. The lowest BCUT2D eigenvalue weighted by Gasteiger charge is -2.13. The van der Waals surface area contributed by atoms with E-state index < -0.39 is 5.97 Å². The molecule has 0 spiro atoms. The molecule has 5 heteroatoms. The van der Waals surface area contributed by atoms with Gasteiger partial charge in [-0.2, -0.15) is 0 Å². The highest BCUT2D eigenvalue weighted by Crippen LogP contribution is 2.20. The second-order valence-corrected chi connectivity index (χ2v) is 4.13. The lowest BCUT2D eigenvalue weighted by molar-refractivity contribution is -0.136. The van der Waals surface area contributed by atoms with Gasteiger partial charge in [0.25, 0.3) is 0 Å². The second-order valence-electron chi connectivity index (χ2n) is 4.13. The van der Waals surface area contributed by atoms with Crippen molar-refractivity contribution in [1.82, 2.24) is 5.32 Å². The van der Waals surface area contributed by atoms with Gasteiger partial charge in [0, 0.05) is 6.92 Å². The van der Waals surface area contributed by atoms with Gasteiger partial charge in [-0.05, 0) is 31.6 Å². The average molecular weight is 295 g/mol. The Morgan fingerprint density at radius 2 is 1.95 bits per heavy atom. The summed E-state index contributed by atoms with van der Waals surface area (Å²) in [5, 5.41) is 2.78. The van der Waals surface area contributed by atoms with Crippen LogP contribution < -0.4 is 5.32 Å². The molecule has 21 heavy (non-hydrogen) atoms. The summed E-state index contributed by atoms with van der Waals surface area (Å²) in [6.07, 6.45) is 5.15. The van der Waals surface area contributed by atoms with Crippen molar-refractivity contribution in [2.75, 3.05) is 13.7 Å². The van der Waals surface area contributed by atoms with Crippen LogP contribution in [0.5, 0.6) is 0 Å². The van der Waals surface area contributed by atoms with Crippen molar-refractivity contribution < 1.29 is 19.1 Å². The fourth-order valence-electron chi connectivity index (χ4n) is 1.75. The van der Waals surface area contributed by atoms with Crippen LogP contribution in [0.15, 0.2) is 35.1 Å². The molecule has 118 valence electrons. The summed E-state index contributed by atoms with van der Waals surface area (Å²) >= 11 is 0. The minimum absolute atomic E-state index is 0.137. The first-order valence-corrected chi connectivity index (χ1v) is 7.08. The Balaban J connectivity index is 0.00000191. The summed E-state index contributed by atoms with van der Waals surface area (Å²) in [7, 11) is 1.32. The van der Waals surface area contributed by atoms with E-state index in [9.17, 15) is 9.59 Å². The molecule has 1 aliphatic carbocycles. The summed E-state index contributed by atoms with van der Waals surface area (Å²) < 4.78 is 10.2. The van der Waals surface area contributed by atoms with Crippen LogP contribution in [0.3, 0.4) is 0 Å². The molecular weight excluding hydrogens is 270 g/mol. The lowest BCUT2D eigenvalue weighted by atomic mass is 10.1. The van der Waals surface area contributed by atoms with Crippen molar-refractivity contribution in [3.8, 4) is 0 Å². The SMILES string of the molecule is CC.CCOC1=C(C(=O)OC)C=C(C)C(NC(C)=O)C=C1. The summed E-state index contributed by atoms with van der Waals surface area (Å²) in [6, 6.07) is -0.255.